The van der Waals surface area contributed by atoms with E-state index in [2.05, 4.69) is 21.3 Å². The molecular formula is C50H48F6N8O6. The fraction of sp³-hybridized carbons (Fsp3) is 0.320. The molecule has 0 saturated carbocycles. The number of urea groups is 2. The fourth-order valence-electron chi connectivity index (χ4n) is 7.89. The van der Waals surface area contributed by atoms with E-state index in [4.69, 9.17) is 9.47 Å². The number of unbranched alkanes of at least 4 members (excludes halogenated alkanes) is 1. The van der Waals surface area contributed by atoms with Crippen LogP contribution < -0.4 is 31.1 Å². The largest absolute Gasteiger partial charge is 0.416 e. The zero-order chi connectivity index (χ0) is 50.6. The Morgan fingerprint density at radius 3 is 1.29 bits per heavy atom. The summed E-state index contributed by atoms with van der Waals surface area (Å²) < 4.78 is 92.9. The van der Waals surface area contributed by atoms with Crippen LogP contribution in [0, 0.1) is 22.7 Å². The lowest BCUT2D eigenvalue weighted by Crippen LogP contribution is -2.49. The Hall–Kier alpha value is -7.68. The third-order valence-corrected chi connectivity index (χ3v) is 11.4. The van der Waals surface area contributed by atoms with Crippen LogP contribution in [0.4, 0.5) is 47.3 Å². The van der Waals surface area contributed by atoms with E-state index in [-0.39, 0.29) is 47.0 Å². The van der Waals surface area contributed by atoms with Crippen LogP contribution in [0.3, 0.4) is 0 Å². The number of nitrogens with zero attached hydrogens (tertiary/aromatic N) is 4. The molecule has 0 aliphatic carbocycles. The number of ether oxygens (including phenoxy) is 2. The van der Waals surface area contributed by atoms with Crippen LogP contribution in [0.25, 0.3) is 0 Å². The van der Waals surface area contributed by atoms with E-state index in [0.29, 0.717) is 74.4 Å². The van der Waals surface area contributed by atoms with Crippen LogP contribution in [0.15, 0.2) is 120 Å². The van der Waals surface area contributed by atoms with Gasteiger partial charge in [0.25, 0.3) is 11.8 Å². The van der Waals surface area contributed by atoms with Gasteiger partial charge in [0.15, 0.2) is 0 Å². The third-order valence-electron chi connectivity index (χ3n) is 11.4. The Bertz CT molecular complexity index is 2520. The standard InChI is InChI=1S/C50H48F6N8O6/c1-31-41(43(35-17-13-33(29-57)14-18-35)61-47(67)63(31)39-11-5-9-37(27-39)49(51,52)53)45(65)59-21-7-25-69-23-3-4-24-70-26-8-22-60-46(66)42-32(2)64(40-12-6-10-38(28-40)50(54,55)56)48(68)62-44(42)36-19-15-34(30-58)16-20-36/h5-6,9-20,27-28,43-44H,3-4,7-8,21-26H2,1-2H3,(H,59,65)(H,60,66)(H,61,67)(H,62,68). The van der Waals surface area contributed by atoms with Crippen LogP contribution in [0.2, 0.25) is 0 Å². The van der Waals surface area contributed by atoms with Gasteiger partial charge in [0.1, 0.15) is 0 Å². The number of nitrogens with one attached hydrogen (secondary N) is 4. The smallest absolute Gasteiger partial charge is 0.381 e. The van der Waals surface area contributed by atoms with E-state index in [9.17, 15) is 56.0 Å². The van der Waals surface area contributed by atoms with Gasteiger partial charge < -0.3 is 30.7 Å². The summed E-state index contributed by atoms with van der Waals surface area (Å²) in [5.41, 5.74) is 0.0691. The molecule has 2 unspecified atom stereocenters. The Labute approximate surface area is 399 Å². The lowest BCUT2D eigenvalue weighted by atomic mass is 9.93. The van der Waals surface area contributed by atoms with E-state index in [1.165, 1.54) is 62.4 Å². The molecule has 4 N–H and O–H groups in total. The Kier molecular flexibility index (Phi) is 17.0. The average molecular weight is 971 g/mol. The molecule has 2 aliphatic heterocycles. The first-order valence-electron chi connectivity index (χ1n) is 22.1. The summed E-state index contributed by atoms with van der Waals surface area (Å²) in [5, 5.41) is 29.6. The Balaban J connectivity index is 0.944. The van der Waals surface area contributed by atoms with Gasteiger partial charge in [-0.05, 0) is 111 Å². The molecule has 366 valence electrons. The van der Waals surface area contributed by atoms with E-state index in [1.54, 1.807) is 24.3 Å². The van der Waals surface area contributed by atoms with Gasteiger partial charge >= 0.3 is 24.4 Å². The SMILES string of the molecule is CC1=C(C(=O)NCCCOCCCCOCCCNC(=O)C2=C(C)N(c3cccc(C(F)(F)F)c3)C(=O)NC2c2ccc(C#N)cc2)C(c2ccc(C#N)cc2)NC(=O)N1c1cccc(C(F)(F)F)c1. The number of alkyl halides is 6. The normalized spacial score (nSPS) is 16.3. The predicted octanol–water partition coefficient (Wildman–Crippen LogP) is 9.08. The van der Waals surface area contributed by atoms with Crippen LogP contribution in [0.5, 0.6) is 0 Å². The highest BCUT2D eigenvalue weighted by Crippen LogP contribution is 2.39. The summed E-state index contributed by atoms with van der Waals surface area (Å²) in [6.45, 7) is 4.73. The lowest BCUT2D eigenvalue weighted by Gasteiger charge is -2.36. The molecular weight excluding hydrogens is 923 g/mol. The molecule has 0 radical (unpaired) electrons. The van der Waals surface area contributed by atoms with E-state index >= 15 is 0 Å². The summed E-state index contributed by atoms with van der Waals surface area (Å²) in [7, 11) is 0. The van der Waals surface area contributed by atoms with E-state index in [0.717, 1.165) is 34.1 Å². The van der Waals surface area contributed by atoms with Gasteiger partial charge in [0.05, 0.1) is 69.0 Å². The molecule has 0 saturated heterocycles. The minimum absolute atomic E-state index is 0.0795. The summed E-state index contributed by atoms with van der Waals surface area (Å²) in [6.07, 6.45) is -7.17. The number of benzene rings is 4. The topological polar surface area (TPSA) is 189 Å². The molecule has 0 spiro atoms. The first kappa shape index (κ1) is 51.7. The molecule has 20 heteroatoms. The van der Waals surface area contributed by atoms with Crippen LogP contribution in [-0.2, 0) is 31.4 Å². The van der Waals surface area contributed by atoms with Crippen molar-refractivity contribution >= 4 is 35.3 Å². The number of halogens is 6. The van der Waals surface area contributed by atoms with Gasteiger partial charge in [-0.25, -0.2) is 9.59 Å². The maximum absolute atomic E-state index is 13.7. The molecule has 0 bridgehead atoms. The van der Waals surface area contributed by atoms with Crippen molar-refractivity contribution in [3.63, 3.8) is 0 Å². The van der Waals surface area contributed by atoms with Crippen molar-refractivity contribution in [2.24, 2.45) is 0 Å². The highest BCUT2D eigenvalue weighted by Gasteiger charge is 2.40. The van der Waals surface area contributed by atoms with Crippen LogP contribution >= 0.6 is 0 Å². The molecule has 70 heavy (non-hydrogen) atoms. The van der Waals surface area contributed by atoms with Crippen molar-refractivity contribution in [3.8, 4) is 12.1 Å². The minimum Gasteiger partial charge on any atom is -0.381 e. The monoisotopic (exact) mass is 970 g/mol. The summed E-state index contributed by atoms with van der Waals surface area (Å²) in [5.74, 6) is -1.11. The zero-order valence-corrected chi connectivity index (χ0v) is 38.0. The predicted molar refractivity (Wildman–Crippen MR) is 244 cm³/mol. The molecule has 4 aromatic carbocycles. The second kappa shape index (κ2) is 23.1. The van der Waals surface area contributed by atoms with Crippen molar-refractivity contribution in [1.82, 2.24) is 21.3 Å². The number of rotatable bonds is 19. The van der Waals surface area contributed by atoms with Gasteiger partial charge in [-0.1, -0.05) is 36.4 Å². The van der Waals surface area contributed by atoms with Crippen molar-refractivity contribution in [2.45, 2.75) is 64.0 Å². The second-order valence-electron chi connectivity index (χ2n) is 16.1. The lowest BCUT2D eigenvalue weighted by molar-refractivity contribution is -0.138. The molecule has 2 atom stereocenters. The third kappa shape index (κ3) is 12.7. The average Bonchev–Trinajstić information content (AvgIpc) is 3.33. The first-order valence-corrected chi connectivity index (χ1v) is 22.1. The number of hydrogen-bond donors (Lipinski definition) is 4. The molecule has 2 heterocycles. The van der Waals surface area contributed by atoms with E-state index < -0.39 is 59.4 Å². The maximum atomic E-state index is 13.7. The highest BCUT2D eigenvalue weighted by molar-refractivity contribution is 6.06. The molecule has 14 nitrogen and oxygen atoms in total. The quantitative estimate of drug-likeness (QED) is 0.0529. The number of allylic oxidation sites excluding steroid dienone is 2. The number of anilines is 2. The summed E-state index contributed by atoms with van der Waals surface area (Å²) >= 11 is 0. The van der Waals surface area contributed by atoms with Gasteiger partial charge in [-0.15, -0.1) is 0 Å². The molecule has 0 fully saturated rings. The van der Waals surface area contributed by atoms with Crippen molar-refractivity contribution in [2.75, 3.05) is 49.3 Å². The van der Waals surface area contributed by atoms with Crippen LogP contribution in [0.1, 0.15) is 85.0 Å². The van der Waals surface area contributed by atoms with Gasteiger partial charge in [0.2, 0.25) is 0 Å². The zero-order valence-electron chi connectivity index (χ0n) is 38.0. The fourth-order valence-corrected chi connectivity index (χ4v) is 7.89. The highest BCUT2D eigenvalue weighted by atomic mass is 19.4. The number of carbonyl (C=O) groups is 4. The number of hydrogen-bond acceptors (Lipinski definition) is 8. The first-order chi connectivity index (χ1) is 33.4. The summed E-state index contributed by atoms with van der Waals surface area (Å²) in [4.78, 5) is 56.3. The molecule has 2 aliphatic rings. The molecule has 6 rings (SSSR count). The number of carbonyl (C=O) groups excluding carboxylic acids is 4. The molecule has 6 amide bonds. The number of amides is 6. The minimum atomic E-state index is -4.66. The van der Waals surface area contributed by atoms with Crippen LogP contribution in [-0.4, -0.2) is 63.4 Å². The summed E-state index contributed by atoms with van der Waals surface area (Å²) in [6, 6.07) is 21.6. The Morgan fingerprint density at radius 1 is 0.586 bits per heavy atom. The second-order valence-corrected chi connectivity index (χ2v) is 16.1. The van der Waals surface area contributed by atoms with E-state index in [1.807, 2.05) is 12.1 Å². The van der Waals surface area contributed by atoms with Gasteiger partial charge in [-0.3, -0.25) is 19.4 Å². The van der Waals surface area contributed by atoms with Gasteiger partial charge in [0, 0.05) is 50.9 Å². The van der Waals surface area contributed by atoms with Crippen molar-refractivity contribution in [1.29, 1.82) is 10.5 Å². The molecule has 4 aromatic rings. The van der Waals surface area contributed by atoms with Gasteiger partial charge in [-0.2, -0.15) is 36.9 Å². The maximum Gasteiger partial charge on any atom is 0.416 e. The Morgan fingerprint density at radius 2 is 0.943 bits per heavy atom. The van der Waals surface area contributed by atoms with Crippen molar-refractivity contribution in [3.05, 3.63) is 153 Å². The van der Waals surface area contributed by atoms with Crippen molar-refractivity contribution < 1.29 is 55.0 Å². The molecule has 0 aromatic heterocycles. The number of nitriles is 2.